The zero-order valence-corrected chi connectivity index (χ0v) is 10.5. The Kier molecular flexibility index (Phi) is 7.23. The fraction of sp³-hybridized carbons (Fsp3) is 0.923. The lowest BCUT2D eigenvalue weighted by atomic mass is 10.1. The molecule has 0 aromatic rings. The lowest BCUT2D eigenvalue weighted by Gasteiger charge is -2.26. The Morgan fingerprint density at radius 3 is 2.44 bits per heavy atom. The second-order valence-electron chi connectivity index (χ2n) is 4.64. The van der Waals surface area contributed by atoms with E-state index in [1.54, 1.807) is 0 Å². The highest BCUT2D eigenvalue weighted by molar-refractivity contribution is 5.68. The summed E-state index contributed by atoms with van der Waals surface area (Å²) in [4.78, 5) is 13.4. The van der Waals surface area contributed by atoms with Gasteiger partial charge < -0.3 is 9.64 Å². The van der Waals surface area contributed by atoms with Gasteiger partial charge in [0.05, 0.1) is 7.11 Å². The number of ether oxygens (including phenoxy) is 1. The van der Waals surface area contributed by atoms with Crippen molar-refractivity contribution in [2.75, 3.05) is 26.7 Å². The summed E-state index contributed by atoms with van der Waals surface area (Å²) in [5.74, 6) is -0.0731. The van der Waals surface area contributed by atoms with Crippen molar-refractivity contribution in [1.29, 1.82) is 0 Å². The van der Waals surface area contributed by atoms with Crippen molar-refractivity contribution in [3.63, 3.8) is 0 Å². The average Bonchev–Trinajstić information content (AvgIpc) is 2.34. The van der Waals surface area contributed by atoms with Crippen molar-refractivity contribution in [3.05, 3.63) is 0 Å². The molecule has 1 saturated heterocycles. The molecule has 0 bridgehead atoms. The van der Waals surface area contributed by atoms with E-state index in [0.29, 0.717) is 6.42 Å². The Balaban J connectivity index is 1.85. The summed E-state index contributed by atoms with van der Waals surface area (Å²) < 4.78 is 4.60. The van der Waals surface area contributed by atoms with Gasteiger partial charge in [-0.05, 0) is 45.3 Å². The topological polar surface area (TPSA) is 29.5 Å². The van der Waals surface area contributed by atoms with Gasteiger partial charge in [0.1, 0.15) is 0 Å². The van der Waals surface area contributed by atoms with Crippen molar-refractivity contribution in [2.45, 2.75) is 51.4 Å². The van der Waals surface area contributed by atoms with Crippen molar-refractivity contribution in [3.8, 4) is 0 Å². The number of methoxy groups -OCH3 is 1. The largest absolute Gasteiger partial charge is 0.469 e. The number of nitrogens with zero attached hydrogens (tertiary/aromatic N) is 1. The van der Waals surface area contributed by atoms with Crippen LogP contribution in [0.2, 0.25) is 0 Å². The lowest BCUT2D eigenvalue weighted by molar-refractivity contribution is -0.140. The highest BCUT2D eigenvalue weighted by Crippen LogP contribution is 2.10. The molecule has 1 rings (SSSR count). The lowest BCUT2D eigenvalue weighted by Crippen LogP contribution is -2.30. The Morgan fingerprint density at radius 2 is 1.75 bits per heavy atom. The predicted molar refractivity (Wildman–Crippen MR) is 65.4 cm³/mol. The molecular formula is C13H25NO2. The Bertz CT molecular complexity index is 188. The summed E-state index contributed by atoms with van der Waals surface area (Å²) in [7, 11) is 1.46. The molecule has 0 aliphatic carbocycles. The molecule has 16 heavy (non-hydrogen) atoms. The molecule has 1 aliphatic heterocycles. The van der Waals surface area contributed by atoms with Crippen LogP contribution in [0.1, 0.15) is 51.4 Å². The quantitative estimate of drug-likeness (QED) is 0.494. The predicted octanol–water partition coefficient (Wildman–Crippen LogP) is 2.60. The number of hydrogen-bond donors (Lipinski definition) is 0. The van der Waals surface area contributed by atoms with Crippen LogP contribution in [0.5, 0.6) is 0 Å². The number of carbonyl (C=O) groups excluding carboxylic acids is 1. The van der Waals surface area contributed by atoms with E-state index in [1.165, 1.54) is 58.8 Å². The third-order valence-electron chi connectivity index (χ3n) is 3.28. The fourth-order valence-corrected chi connectivity index (χ4v) is 2.24. The minimum absolute atomic E-state index is 0.0731. The average molecular weight is 227 g/mol. The molecule has 1 heterocycles. The van der Waals surface area contributed by atoms with Gasteiger partial charge in [-0.3, -0.25) is 4.79 Å². The Labute approximate surface area is 99.1 Å². The molecule has 0 unspecified atom stereocenters. The minimum Gasteiger partial charge on any atom is -0.469 e. The Hall–Kier alpha value is -0.570. The first-order valence-electron chi connectivity index (χ1n) is 6.62. The van der Waals surface area contributed by atoms with E-state index in [2.05, 4.69) is 9.64 Å². The first-order chi connectivity index (χ1) is 7.83. The van der Waals surface area contributed by atoms with E-state index >= 15 is 0 Å². The summed E-state index contributed by atoms with van der Waals surface area (Å²) in [6.07, 6.45) is 9.41. The molecule has 0 aromatic carbocycles. The molecule has 0 aromatic heterocycles. The van der Waals surface area contributed by atoms with Gasteiger partial charge in [0, 0.05) is 6.42 Å². The third-order valence-corrected chi connectivity index (χ3v) is 3.28. The van der Waals surface area contributed by atoms with Crippen LogP contribution >= 0.6 is 0 Å². The number of esters is 1. The number of rotatable bonds is 7. The molecule has 3 heteroatoms. The van der Waals surface area contributed by atoms with Crippen molar-refractivity contribution >= 4 is 5.97 Å². The molecule has 0 amide bonds. The normalized spacial score (nSPS) is 17.3. The summed E-state index contributed by atoms with van der Waals surface area (Å²) in [6, 6.07) is 0. The van der Waals surface area contributed by atoms with Crippen molar-refractivity contribution in [2.24, 2.45) is 0 Å². The highest BCUT2D eigenvalue weighted by Gasteiger charge is 2.08. The first kappa shape index (κ1) is 13.5. The maximum Gasteiger partial charge on any atom is 0.305 e. The van der Waals surface area contributed by atoms with Gasteiger partial charge in [0.2, 0.25) is 0 Å². The molecule has 1 fully saturated rings. The third kappa shape index (κ3) is 6.11. The van der Waals surface area contributed by atoms with Crippen molar-refractivity contribution in [1.82, 2.24) is 4.90 Å². The molecular weight excluding hydrogens is 202 g/mol. The highest BCUT2D eigenvalue weighted by atomic mass is 16.5. The van der Waals surface area contributed by atoms with Crippen LogP contribution in [0.15, 0.2) is 0 Å². The zero-order chi connectivity index (χ0) is 11.6. The van der Waals surface area contributed by atoms with Crippen LogP contribution in [-0.4, -0.2) is 37.6 Å². The van der Waals surface area contributed by atoms with Gasteiger partial charge >= 0.3 is 5.97 Å². The van der Waals surface area contributed by atoms with Gasteiger partial charge in [-0.15, -0.1) is 0 Å². The standard InChI is InChI=1S/C13H25NO2/c1-16-13(15)9-5-2-3-6-10-14-11-7-4-8-12-14/h2-12H2,1H3. The molecule has 94 valence electrons. The number of carbonyl (C=O) groups is 1. The van der Waals surface area contributed by atoms with Crippen LogP contribution < -0.4 is 0 Å². The molecule has 0 radical (unpaired) electrons. The van der Waals surface area contributed by atoms with Gasteiger partial charge in [-0.2, -0.15) is 0 Å². The molecule has 3 nitrogen and oxygen atoms in total. The number of likely N-dealkylation sites (tertiary alicyclic amines) is 1. The Morgan fingerprint density at radius 1 is 1.06 bits per heavy atom. The van der Waals surface area contributed by atoms with E-state index in [0.717, 1.165) is 12.8 Å². The number of hydrogen-bond acceptors (Lipinski definition) is 3. The number of unbranched alkanes of at least 4 members (excludes halogenated alkanes) is 3. The molecule has 0 saturated carbocycles. The zero-order valence-electron chi connectivity index (χ0n) is 10.5. The molecule has 0 spiro atoms. The maximum atomic E-state index is 10.9. The number of piperidine rings is 1. The summed E-state index contributed by atoms with van der Waals surface area (Å²) in [6.45, 7) is 3.84. The molecule has 0 atom stereocenters. The second-order valence-corrected chi connectivity index (χ2v) is 4.64. The SMILES string of the molecule is COC(=O)CCCCCCN1CCCCC1. The van der Waals surface area contributed by atoms with E-state index in [1.807, 2.05) is 0 Å². The van der Waals surface area contributed by atoms with Crippen LogP contribution in [0, 0.1) is 0 Å². The molecule has 1 aliphatic rings. The van der Waals surface area contributed by atoms with Gasteiger partial charge in [0.25, 0.3) is 0 Å². The van der Waals surface area contributed by atoms with Crippen LogP contribution in [0.25, 0.3) is 0 Å². The van der Waals surface area contributed by atoms with Gasteiger partial charge in [-0.25, -0.2) is 0 Å². The van der Waals surface area contributed by atoms with E-state index < -0.39 is 0 Å². The van der Waals surface area contributed by atoms with E-state index in [9.17, 15) is 4.79 Å². The van der Waals surface area contributed by atoms with Crippen LogP contribution in [0.4, 0.5) is 0 Å². The second kappa shape index (κ2) is 8.57. The van der Waals surface area contributed by atoms with E-state index in [-0.39, 0.29) is 5.97 Å². The maximum absolute atomic E-state index is 10.9. The summed E-state index contributed by atoms with van der Waals surface area (Å²) in [5, 5.41) is 0. The van der Waals surface area contributed by atoms with Gasteiger partial charge in [0.15, 0.2) is 0 Å². The van der Waals surface area contributed by atoms with Crippen molar-refractivity contribution < 1.29 is 9.53 Å². The first-order valence-corrected chi connectivity index (χ1v) is 6.62. The molecule has 0 N–H and O–H groups in total. The minimum atomic E-state index is -0.0731. The smallest absolute Gasteiger partial charge is 0.305 e. The summed E-state index contributed by atoms with van der Waals surface area (Å²) >= 11 is 0. The van der Waals surface area contributed by atoms with Crippen LogP contribution in [0.3, 0.4) is 0 Å². The van der Waals surface area contributed by atoms with Crippen LogP contribution in [-0.2, 0) is 9.53 Å². The van der Waals surface area contributed by atoms with Gasteiger partial charge in [-0.1, -0.05) is 19.3 Å². The monoisotopic (exact) mass is 227 g/mol. The fourth-order valence-electron chi connectivity index (χ4n) is 2.24. The van der Waals surface area contributed by atoms with E-state index in [4.69, 9.17) is 0 Å². The summed E-state index contributed by atoms with van der Waals surface area (Å²) in [5.41, 5.74) is 0.